The Labute approximate surface area is 81.9 Å². The molecule has 2 heteroatoms. The minimum absolute atomic E-state index is 0.0291. The number of aliphatic imine (C=N–C) groups is 1. The van der Waals surface area contributed by atoms with Crippen molar-refractivity contribution in [3.05, 3.63) is 12.3 Å². The minimum atomic E-state index is -0.0291. The lowest BCUT2D eigenvalue weighted by Gasteiger charge is -2.16. The maximum absolute atomic E-state index is 5.88. The molecule has 0 saturated heterocycles. The fraction of sp³-hybridized carbons (Fsp3) is 0.727. The molecule has 0 aromatic rings. The molecule has 0 spiro atoms. The predicted octanol–water partition coefficient (Wildman–Crippen LogP) is 2.60. The van der Waals surface area contributed by atoms with Crippen LogP contribution in [0.15, 0.2) is 17.3 Å². The van der Waals surface area contributed by atoms with Crippen molar-refractivity contribution in [3.8, 4) is 0 Å². The molecule has 2 N–H and O–H groups in total. The van der Waals surface area contributed by atoms with Crippen LogP contribution in [-0.4, -0.2) is 12.3 Å². The molecule has 0 heterocycles. The normalized spacial score (nSPS) is 15.3. The van der Waals surface area contributed by atoms with Crippen LogP contribution in [0, 0.1) is 11.3 Å². The van der Waals surface area contributed by atoms with Gasteiger partial charge in [-0.15, -0.1) is 0 Å². The molecule has 0 saturated carbocycles. The molecule has 0 aromatic carbocycles. The zero-order chi connectivity index (χ0) is 10.6. The summed E-state index contributed by atoms with van der Waals surface area (Å²) in [6.07, 6.45) is 1.90. The van der Waals surface area contributed by atoms with Crippen LogP contribution < -0.4 is 5.73 Å². The van der Waals surface area contributed by atoms with Gasteiger partial charge >= 0.3 is 0 Å². The van der Waals surface area contributed by atoms with Crippen molar-refractivity contribution in [1.82, 2.24) is 0 Å². The molecule has 0 aliphatic rings. The third kappa shape index (κ3) is 5.58. The van der Waals surface area contributed by atoms with Gasteiger partial charge in [0.25, 0.3) is 0 Å². The van der Waals surface area contributed by atoms with Crippen molar-refractivity contribution in [2.24, 2.45) is 22.1 Å². The monoisotopic (exact) mass is 182 g/mol. The van der Waals surface area contributed by atoms with Crippen molar-refractivity contribution >= 4 is 6.21 Å². The molecule has 0 amide bonds. The van der Waals surface area contributed by atoms with E-state index < -0.39 is 0 Å². The third-order valence-corrected chi connectivity index (χ3v) is 1.72. The second-order valence-corrected chi connectivity index (χ2v) is 4.89. The van der Waals surface area contributed by atoms with Crippen molar-refractivity contribution in [2.75, 3.05) is 0 Å². The molecule has 0 aliphatic heterocycles. The van der Waals surface area contributed by atoms with Gasteiger partial charge in [0.1, 0.15) is 0 Å². The van der Waals surface area contributed by atoms with E-state index in [-0.39, 0.29) is 11.5 Å². The first kappa shape index (κ1) is 12.4. The molecule has 13 heavy (non-hydrogen) atoms. The summed E-state index contributed by atoms with van der Waals surface area (Å²) in [5.41, 5.74) is 6.74. The number of hydrogen-bond donors (Lipinski definition) is 1. The molecular formula is C11H22N2. The average Bonchev–Trinajstić information content (AvgIpc) is 1.97. The first-order valence-electron chi connectivity index (χ1n) is 4.73. The van der Waals surface area contributed by atoms with Crippen LogP contribution in [0.1, 0.15) is 34.6 Å². The van der Waals surface area contributed by atoms with E-state index in [1.54, 1.807) is 0 Å². The Hall–Kier alpha value is -0.630. The van der Waals surface area contributed by atoms with Gasteiger partial charge in [0.2, 0.25) is 0 Å². The quantitative estimate of drug-likeness (QED) is 0.669. The van der Waals surface area contributed by atoms with Gasteiger partial charge in [-0.25, -0.2) is 0 Å². The maximum atomic E-state index is 5.88. The van der Waals surface area contributed by atoms with Crippen molar-refractivity contribution in [2.45, 2.75) is 40.7 Å². The molecule has 0 fully saturated rings. The molecule has 0 unspecified atom stereocenters. The largest absolute Gasteiger partial charge is 0.322 e. The topological polar surface area (TPSA) is 38.4 Å². The van der Waals surface area contributed by atoms with Gasteiger partial charge in [-0.2, -0.15) is 0 Å². The molecule has 0 rings (SSSR count). The lowest BCUT2D eigenvalue weighted by molar-refractivity contribution is 0.543. The van der Waals surface area contributed by atoms with Gasteiger partial charge in [-0.05, 0) is 11.3 Å². The van der Waals surface area contributed by atoms with Crippen molar-refractivity contribution < 1.29 is 0 Å². The number of nitrogens with two attached hydrogens (primary N) is 1. The average molecular weight is 182 g/mol. The van der Waals surface area contributed by atoms with Gasteiger partial charge in [0.05, 0.1) is 0 Å². The second-order valence-electron chi connectivity index (χ2n) is 4.89. The van der Waals surface area contributed by atoms with Crippen LogP contribution in [0.4, 0.5) is 0 Å². The molecule has 1 atom stereocenters. The van der Waals surface area contributed by atoms with Gasteiger partial charge < -0.3 is 5.73 Å². The molecular weight excluding hydrogens is 160 g/mol. The zero-order valence-corrected chi connectivity index (χ0v) is 9.46. The number of hydrogen-bond acceptors (Lipinski definition) is 2. The first-order chi connectivity index (χ1) is 5.74. The van der Waals surface area contributed by atoms with Crippen LogP contribution in [0.25, 0.3) is 0 Å². The molecule has 76 valence electrons. The zero-order valence-electron chi connectivity index (χ0n) is 9.46. The lowest BCUT2D eigenvalue weighted by atomic mass is 9.98. The Morgan fingerprint density at radius 1 is 1.38 bits per heavy atom. The van der Waals surface area contributed by atoms with Gasteiger partial charge in [0, 0.05) is 18.0 Å². The van der Waals surface area contributed by atoms with E-state index >= 15 is 0 Å². The minimum Gasteiger partial charge on any atom is -0.322 e. The summed E-state index contributed by atoms with van der Waals surface area (Å²) in [7, 11) is 0. The third-order valence-electron chi connectivity index (χ3n) is 1.72. The molecule has 0 bridgehead atoms. The van der Waals surface area contributed by atoms with E-state index in [2.05, 4.69) is 46.2 Å². The summed E-state index contributed by atoms with van der Waals surface area (Å²) in [4.78, 5) is 4.27. The lowest BCUT2D eigenvalue weighted by Crippen LogP contribution is -2.27. The molecule has 0 radical (unpaired) electrons. The summed E-state index contributed by atoms with van der Waals surface area (Å²) in [6, 6.07) is -0.0291. The molecule has 0 aromatic heterocycles. The highest BCUT2D eigenvalue weighted by Crippen LogP contribution is 2.13. The van der Waals surface area contributed by atoms with E-state index in [1.165, 1.54) is 0 Å². The molecule has 2 nitrogen and oxygen atoms in total. The maximum Gasteiger partial charge on any atom is 0.0498 e. The van der Waals surface area contributed by atoms with E-state index in [1.807, 2.05) is 6.21 Å². The van der Waals surface area contributed by atoms with E-state index in [4.69, 9.17) is 5.73 Å². The van der Waals surface area contributed by atoms with Crippen molar-refractivity contribution in [3.63, 3.8) is 0 Å². The highest BCUT2D eigenvalue weighted by Gasteiger charge is 2.11. The Kier molecular flexibility index (Phi) is 4.34. The van der Waals surface area contributed by atoms with E-state index in [9.17, 15) is 0 Å². The Morgan fingerprint density at radius 3 is 2.15 bits per heavy atom. The first-order valence-corrected chi connectivity index (χ1v) is 4.73. The van der Waals surface area contributed by atoms with E-state index in [0.29, 0.717) is 5.92 Å². The Balaban J connectivity index is 4.24. The van der Waals surface area contributed by atoms with Crippen molar-refractivity contribution in [1.29, 1.82) is 0 Å². The number of nitrogens with zero attached hydrogens (tertiary/aromatic N) is 1. The van der Waals surface area contributed by atoms with Gasteiger partial charge in [-0.1, -0.05) is 41.2 Å². The molecule has 0 aliphatic carbocycles. The Morgan fingerprint density at radius 2 is 1.85 bits per heavy atom. The van der Waals surface area contributed by atoms with Crippen LogP contribution in [-0.2, 0) is 0 Å². The summed E-state index contributed by atoms with van der Waals surface area (Å²) in [5.74, 6) is 0.393. The SMILES string of the molecule is C=C(/N=C\C(C)(C)C)[C@@H](N)C(C)C. The number of rotatable bonds is 3. The smallest absolute Gasteiger partial charge is 0.0498 e. The van der Waals surface area contributed by atoms with Crippen LogP contribution in [0.5, 0.6) is 0 Å². The van der Waals surface area contributed by atoms with Crippen LogP contribution in [0.3, 0.4) is 0 Å². The van der Waals surface area contributed by atoms with E-state index in [0.717, 1.165) is 5.70 Å². The highest BCUT2D eigenvalue weighted by molar-refractivity contribution is 5.65. The van der Waals surface area contributed by atoms with Crippen LogP contribution in [0.2, 0.25) is 0 Å². The second kappa shape index (κ2) is 4.56. The summed E-state index contributed by atoms with van der Waals surface area (Å²) in [6.45, 7) is 14.3. The summed E-state index contributed by atoms with van der Waals surface area (Å²) >= 11 is 0. The van der Waals surface area contributed by atoms with Gasteiger partial charge in [0.15, 0.2) is 0 Å². The summed E-state index contributed by atoms with van der Waals surface area (Å²) < 4.78 is 0. The predicted molar refractivity (Wildman–Crippen MR) is 59.9 cm³/mol. The van der Waals surface area contributed by atoms with Crippen LogP contribution >= 0.6 is 0 Å². The Bertz CT molecular complexity index is 197. The fourth-order valence-electron chi connectivity index (χ4n) is 0.747. The summed E-state index contributed by atoms with van der Waals surface area (Å²) in [5, 5.41) is 0. The standard InChI is InChI=1S/C11H22N2/c1-8(2)10(12)9(3)13-7-11(4,5)6/h7-8,10H,3,12H2,1-2,4-6H3/b13-7-/t10-/m0/s1. The highest BCUT2D eigenvalue weighted by atomic mass is 14.8. The van der Waals surface area contributed by atoms with Gasteiger partial charge in [-0.3, -0.25) is 4.99 Å². The fourth-order valence-corrected chi connectivity index (χ4v) is 0.747.